The van der Waals surface area contributed by atoms with Crippen molar-refractivity contribution in [2.24, 2.45) is 0 Å². The van der Waals surface area contributed by atoms with Crippen molar-refractivity contribution in [3.05, 3.63) is 0 Å². The van der Waals surface area contributed by atoms with Crippen molar-refractivity contribution in [2.45, 2.75) is 25.7 Å². The largest absolute Gasteiger partial charge is 0.453 e. The molecule has 158 valence electrons. The SMILES string of the molecule is COC(=O)NCCCN(CCCNC(=O)OC)CC(=O)ON1C(=O)CCC1=O. The van der Waals surface area contributed by atoms with Crippen molar-refractivity contribution in [1.82, 2.24) is 20.6 Å². The molecule has 1 heterocycles. The Hall–Kier alpha value is -2.89. The van der Waals surface area contributed by atoms with Gasteiger partial charge in [0.15, 0.2) is 0 Å². The minimum Gasteiger partial charge on any atom is -0.453 e. The van der Waals surface area contributed by atoms with Gasteiger partial charge in [-0.05, 0) is 12.8 Å². The summed E-state index contributed by atoms with van der Waals surface area (Å²) >= 11 is 0. The number of alkyl carbamates (subject to hydrolysis) is 2. The molecule has 2 N–H and O–H groups in total. The molecule has 4 amide bonds. The fraction of sp³-hybridized carbons (Fsp3) is 0.688. The number of carbonyl (C=O) groups is 5. The molecule has 0 aromatic carbocycles. The first-order valence-corrected chi connectivity index (χ1v) is 8.80. The van der Waals surface area contributed by atoms with Crippen LogP contribution in [0.25, 0.3) is 0 Å². The van der Waals surface area contributed by atoms with Gasteiger partial charge in [-0.1, -0.05) is 0 Å². The number of nitrogens with one attached hydrogen (secondary N) is 2. The number of hydroxylamine groups is 2. The van der Waals surface area contributed by atoms with E-state index in [1.807, 2.05) is 0 Å². The lowest BCUT2D eigenvalue weighted by atomic mass is 10.3. The average molecular weight is 402 g/mol. The van der Waals surface area contributed by atoms with Crippen LogP contribution in [-0.2, 0) is 28.7 Å². The van der Waals surface area contributed by atoms with Crippen LogP contribution >= 0.6 is 0 Å². The van der Waals surface area contributed by atoms with E-state index in [2.05, 4.69) is 20.1 Å². The van der Waals surface area contributed by atoms with E-state index in [0.29, 0.717) is 44.1 Å². The number of methoxy groups -OCH3 is 2. The maximum absolute atomic E-state index is 12.1. The molecular weight excluding hydrogens is 376 g/mol. The molecule has 12 heteroatoms. The van der Waals surface area contributed by atoms with E-state index < -0.39 is 30.0 Å². The highest BCUT2D eigenvalue weighted by molar-refractivity contribution is 6.01. The molecule has 1 aliphatic rings. The fourth-order valence-electron chi connectivity index (χ4n) is 2.37. The molecule has 1 rings (SSSR count). The monoisotopic (exact) mass is 402 g/mol. The second-order valence-electron chi connectivity index (χ2n) is 5.87. The summed E-state index contributed by atoms with van der Waals surface area (Å²) in [6.07, 6.45) is -0.0239. The molecule has 1 fully saturated rings. The molecule has 1 saturated heterocycles. The molecule has 0 aromatic heterocycles. The molecule has 0 saturated carbocycles. The predicted octanol–water partition coefficient (Wildman–Crippen LogP) is -0.612. The maximum Gasteiger partial charge on any atom is 0.406 e. The van der Waals surface area contributed by atoms with Gasteiger partial charge in [0.25, 0.3) is 11.8 Å². The zero-order chi connectivity index (χ0) is 20.9. The number of ether oxygens (including phenoxy) is 2. The van der Waals surface area contributed by atoms with Crippen LogP contribution in [0.15, 0.2) is 0 Å². The zero-order valence-electron chi connectivity index (χ0n) is 16.0. The second-order valence-corrected chi connectivity index (χ2v) is 5.87. The number of carbonyl (C=O) groups excluding carboxylic acids is 5. The average Bonchev–Trinajstić information content (AvgIpc) is 2.99. The Morgan fingerprint density at radius 3 is 1.82 bits per heavy atom. The topological polar surface area (TPSA) is 144 Å². The lowest BCUT2D eigenvalue weighted by Gasteiger charge is -2.22. The van der Waals surface area contributed by atoms with E-state index in [0.717, 1.165) is 0 Å². The highest BCUT2D eigenvalue weighted by atomic mass is 16.7. The van der Waals surface area contributed by atoms with E-state index in [1.165, 1.54) is 14.2 Å². The number of imide groups is 1. The minimum absolute atomic E-state index is 0.0220. The summed E-state index contributed by atoms with van der Waals surface area (Å²) in [5.41, 5.74) is 0. The van der Waals surface area contributed by atoms with Gasteiger partial charge in [-0.2, -0.15) is 0 Å². The normalized spacial score (nSPS) is 13.5. The van der Waals surface area contributed by atoms with Crippen molar-refractivity contribution in [3.8, 4) is 0 Å². The van der Waals surface area contributed by atoms with E-state index in [-0.39, 0.29) is 19.4 Å². The first-order chi connectivity index (χ1) is 13.4. The Kier molecular flexibility index (Phi) is 10.3. The summed E-state index contributed by atoms with van der Waals surface area (Å²) in [4.78, 5) is 63.8. The Balaban J connectivity index is 2.46. The Morgan fingerprint density at radius 2 is 1.39 bits per heavy atom. The van der Waals surface area contributed by atoms with Crippen molar-refractivity contribution in [2.75, 3.05) is 46.9 Å². The third kappa shape index (κ3) is 8.66. The molecule has 28 heavy (non-hydrogen) atoms. The quantitative estimate of drug-likeness (QED) is 0.341. The molecule has 0 spiro atoms. The van der Waals surface area contributed by atoms with Crippen LogP contribution < -0.4 is 10.6 Å². The van der Waals surface area contributed by atoms with Crippen molar-refractivity contribution < 1.29 is 38.3 Å². The lowest BCUT2D eigenvalue weighted by Crippen LogP contribution is -2.40. The lowest BCUT2D eigenvalue weighted by molar-refractivity contribution is -0.198. The number of hydrogen-bond donors (Lipinski definition) is 2. The molecular formula is C16H26N4O8. The van der Waals surface area contributed by atoms with Crippen LogP contribution in [0.1, 0.15) is 25.7 Å². The van der Waals surface area contributed by atoms with E-state index in [4.69, 9.17) is 4.84 Å². The van der Waals surface area contributed by atoms with Gasteiger partial charge in [-0.15, -0.1) is 5.06 Å². The fourth-order valence-corrected chi connectivity index (χ4v) is 2.37. The molecule has 0 bridgehead atoms. The maximum atomic E-state index is 12.1. The van der Waals surface area contributed by atoms with E-state index in [1.54, 1.807) is 4.90 Å². The van der Waals surface area contributed by atoms with Crippen LogP contribution in [0, 0.1) is 0 Å². The van der Waals surface area contributed by atoms with Crippen LogP contribution in [0.2, 0.25) is 0 Å². The van der Waals surface area contributed by atoms with Gasteiger partial charge in [0.2, 0.25) is 0 Å². The van der Waals surface area contributed by atoms with Crippen LogP contribution in [-0.4, -0.2) is 86.9 Å². The number of rotatable bonds is 11. The van der Waals surface area contributed by atoms with Gasteiger partial charge in [-0.25, -0.2) is 14.4 Å². The van der Waals surface area contributed by atoms with E-state index in [9.17, 15) is 24.0 Å². The highest BCUT2D eigenvalue weighted by Gasteiger charge is 2.33. The van der Waals surface area contributed by atoms with Gasteiger partial charge in [-0.3, -0.25) is 14.5 Å². The number of amides is 4. The molecule has 0 radical (unpaired) electrons. The van der Waals surface area contributed by atoms with Crippen molar-refractivity contribution in [3.63, 3.8) is 0 Å². The summed E-state index contributed by atoms with van der Waals surface area (Å²) in [7, 11) is 2.51. The summed E-state index contributed by atoms with van der Waals surface area (Å²) < 4.78 is 8.94. The van der Waals surface area contributed by atoms with Crippen LogP contribution in [0.5, 0.6) is 0 Å². The van der Waals surface area contributed by atoms with Crippen molar-refractivity contribution in [1.29, 1.82) is 0 Å². The van der Waals surface area contributed by atoms with Gasteiger partial charge < -0.3 is 24.9 Å². The molecule has 0 aromatic rings. The third-order valence-corrected chi connectivity index (χ3v) is 3.76. The first-order valence-electron chi connectivity index (χ1n) is 8.80. The van der Waals surface area contributed by atoms with Crippen molar-refractivity contribution >= 4 is 30.0 Å². The van der Waals surface area contributed by atoms with E-state index >= 15 is 0 Å². The Labute approximate surface area is 162 Å². The van der Waals surface area contributed by atoms with Gasteiger partial charge in [0, 0.05) is 39.0 Å². The summed E-state index contributed by atoms with van der Waals surface area (Å²) in [5, 5.41) is 5.55. The van der Waals surface area contributed by atoms with Crippen LogP contribution in [0.3, 0.4) is 0 Å². The zero-order valence-corrected chi connectivity index (χ0v) is 16.0. The summed E-state index contributed by atoms with van der Waals surface area (Å²) in [6, 6.07) is 0. The number of nitrogens with zero attached hydrogens (tertiary/aromatic N) is 2. The van der Waals surface area contributed by atoms with Gasteiger partial charge in [0.1, 0.15) is 0 Å². The van der Waals surface area contributed by atoms with Gasteiger partial charge >= 0.3 is 18.2 Å². The Bertz CT molecular complexity index is 543. The molecule has 0 aliphatic carbocycles. The standard InChI is InChI=1S/C16H26N4O8/c1-26-15(24)17-7-3-9-19(10-4-8-18-16(25)27-2)11-14(23)28-20-12(21)5-6-13(20)22/h3-11H2,1-2H3,(H,17,24)(H,18,25). The summed E-state index contributed by atoms with van der Waals surface area (Å²) in [6.45, 7) is 1.37. The minimum atomic E-state index is -0.745. The molecule has 0 atom stereocenters. The molecule has 1 aliphatic heterocycles. The smallest absolute Gasteiger partial charge is 0.406 e. The number of hydrogen-bond acceptors (Lipinski definition) is 9. The van der Waals surface area contributed by atoms with Crippen LogP contribution in [0.4, 0.5) is 9.59 Å². The molecule has 12 nitrogen and oxygen atoms in total. The second kappa shape index (κ2) is 12.5. The Morgan fingerprint density at radius 1 is 0.929 bits per heavy atom. The van der Waals surface area contributed by atoms with Gasteiger partial charge in [0.05, 0.1) is 20.8 Å². The predicted molar refractivity (Wildman–Crippen MR) is 93.7 cm³/mol. The highest BCUT2D eigenvalue weighted by Crippen LogP contribution is 2.12. The summed E-state index contributed by atoms with van der Waals surface area (Å²) in [5.74, 6) is -1.84. The first kappa shape index (κ1) is 23.1. The third-order valence-electron chi connectivity index (χ3n) is 3.76. The molecule has 0 unspecified atom stereocenters.